The molecule has 3 fully saturated rings. The number of aliphatic carboxylic acids is 1. The van der Waals surface area contributed by atoms with Gasteiger partial charge in [0.1, 0.15) is 0 Å². The molecular weight excluding hydrogens is 563 g/mol. The van der Waals surface area contributed by atoms with Gasteiger partial charge in [-0.3, -0.25) is 9.69 Å². The average Bonchev–Trinajstić information content (AvgIpc) is 3.64. The molecule has 0 amide bonds. The molecule has 1 aliphatic carbocycles. The number of hydrogen-bond donors (Lipinski definition) is 1. The van der Waals surface area contributed by atoms with Gasteiger partial charge in [-0.2, -0.15) is 0 Å². The Kier molecular flexibility index (Phi) is 8.30. The zero-order valence-electron chi connectivity index (χ0n) is 23.0. The molecule has 1 aromatic carbocycles. The van der Waals surface area contributed by atoms with E-state index in [1.165, 1.54) is 0 Å². The van der Waals surface area contributed by atoms with Crippen molar-refractivity contribution < 1.29 is 14.6 Å². The molecule has 0 spiro atoms. The van der Waals surface area contributed by atoms with Crippen molar-refractivity contribution >= 4 is 35.1 Å². The van der Waals surface area contributed by atoms with Crippen molar-refractivity contribution in [2.45, 2.75) is 25.8 Å². The molecule has 3 aliphatic rings. The van der Waals surface area contributed by atoms with Gasteiger partial charge >= 0.3 is 5.97 Å². The van der Waals surface area contributed by atoms with Gasteiger partial charge in [-0.25, -0.2) is 15.0 Å². The first-order valence-corrected chi connectivity index (χ1v) is 14.9. The number of piperazine rings is 1. The fraction of sp³-hybridized carbons (Fsp3) is 0.467. The molecule has 2 aliphatic heterocycles. The van der Waals surface area contributed by atoms with E-state index in [9.17, 15) is 9.90 Å². The summed E-state index contributed by atoms with van der Waals surface area (Å²) in [5.74, 6) is 2.39. The highest BCUT2D eigenvalue weighted by Gasteiger charge is 2.50. The molecule has 1 N–H and O–H groups in total. The van der Waals surface area contributed by atoms with Gasteiger partial charge in [0.05, 0.1) is 18.1 Å². The van der Waals surface area contributed by atoms with Crippen molar-refractivity contribution in [1.29, 1.82) is 0 Å². The quantitative estimate of drug-likeness (QED) is 0.370. The van der Waals surface area contributed by atoms with E-state index in [0.717, 1.165) is 75.5 Å². The molecule has 6 rings (SSSR count). The largest absolute Gasteiger partial charge is 0.481 e. The number of carboxylic acids is 1. The van der Waals surface area contributed by atoms with Crippen LogP contribution in [0.3, 0.4) is 0 Å². The summed E-state index contributed by atoms with van der Waals surface area (Å²) in [5, 5.41) is 10.3. The van der Waals surface area contributed by atoms with Crippen molar-refractivity contribution in [3.8, 4) is 22.9 Å². The number of hydrogen-bond acceptors (Lipinski definition) is 8. The molecule has 1 saturated carbocycles. The topological polar surface area (TPSA) is 94.9 Å². The third-order valence-electron chi connectivity index (χ3n) is 8.53. The lowest BCUT2D eigenvalue weighted by atomic mass is 10.1. The number of rotatable bonds is 8. The van der Waals surface area contributed by atoms with Crippen LogP contribution in [0.1, 0.15) is 24.8 Å². The zero-order chi connectivity index (χ0) is 28.5. The minimum Gasteiger partial charge on any atom is -0.481 e. The number of pyridine rings is 1. The van der Waals surface area contributed by atoms with Crippen LogP contribution in [-0.2, 0) is 11.3 Å². The van der Waals surface area contributed by atoms with Gasteiger partial charge in [-0.05, 0) is 80.6 Å². The fourth-order valence-corrected chi connectivity index (χ4v) is 6.81. The second-order valence-corrected chi connectivity index (χ2v) is 12.3. The van der Waals surface area contributed by atoms with Crippen LogP contribution < -0.4 is 9.64 Å². The highest BCUT2D eigenvalue weighted by atomic mass is 35.5. The number of benzene rings is 1. The number of fused-ring (bicyclic) bond motifs is 1. The van der Waals surface area contributed by atoms with E-state index in [4.69, 9.17) is 32.9 Å². The maximum atomic E-state index is 11.2. The van der Waals surface area contributed by atoms with Crippen LogP contribution in [0.2, 0.25) is 10.0 Å². The van der Waals surface area contributed by atoms with Crippen LogP contribution in [0.5, 0.6) is 11.6 Å². The van der Waals surface area contributed by atoms with Crippen LogP contribution in [0.25, 0.3) is 11.3 Å². The van der Waals surface area contributed by atoms with Crippen LogP contribution in [-0.4, -0.2) is 82.1 Å². The van der Waals surface area contributed by atoms with E-state index >= 15 is 0 Å². The van der Waals surface area contributed by atoms with E-state index in [1.807, 2.05) is 18.2 Å². The molecule has 2 aromatic heterocycles. The lowest BCUT2D eigenvalue weighted by Crippen LogP contribution is -2.45. The number of carbonyl (C=O) groups is 1. The van der Waals surface area contributed by atoms with Crippen LogP contribution in [0, 0.1) is 17.8 Å². The summed E-state index contributed by atoms with van der Waals surface area (Å²) < 4.78 is 6.19. The van der Waals surface area contributed by atoms with Crippen LogP contribution in [0.15, 0.2) is 42.7 Å². The van der Waals surface area contributed by atoms with Gasteiger partial charge in [0.2, 0.25) is 11.8 Å². The first kappa shape index (κ1) is 28.2. The summed E-state index contributed by atoms with van der Waals surface area (Å²) in [6.07, 6.45) is 5.75. The Morgan fingerprint density at radius 1 is 0.951 bits per heavy atom. The minimum atomic E-state index is -0.683. The lowest BCUT2D eigenvalue weighted by Gasteiger charge is -2.32. The van der Waals surface area contributed by atoms with Crippen molar-refractivity contribution in [1.82, 2.24) is 24.8 Å². The molecule has 11 heteroatoms. The number of likely N-dealkylation sites (tertiary alicyclic amines) is 1. The van der Waals surface area contributed by atoms with Gasteiger partial charge in [-0.1, -0.05) is 23.2 Å². The molecule has 0 unspecified atom stereocenters. The molecule has 4 heterocycles. The molecular formula is C30H34Cl2N6O3. The van der Waals surface area contributed by atoms with E-state index in [0.29, 0.717) is 51.8 Å². The van der Waals surface area contributed by atoms with Gasteiger partial charge in [-0.15, -0.1) is 0 Å². The van der Waals surface area contributed by atoms with Crippen molar-refractivity contribution in [2.75, 3.05) is 51.2 Å². The number of anilines is 1. The molecule has 9 nitrogen and oxygen atoms in total. The van der Waals surface area contributed by atoms with E-state index in [2.05, 4.69) is 37.8 Å². The van der Waals surface area contributed by atoms with E-state index in [1.54, 1.807) is 18.5 Å². The molecule has 2 saturated heterocycles. The molecule has 41 heavy (non-hydrogen) atoms. The Bertz CT molecular complexity index is 1370. The summed E-state index contributed by atoms with van der Waals surface area (Å²) in [6.45, 7) is 6.37. The summed E-state index contributed by atoms with van der Waals surface area (Å²) in [4.78, 5) is 32.0. The summed E-state index contributed by atoms with van der Waals surface area (Å²) >= 11 is 12.6. The molecule has 216 valence electrons. The predicted octanol–water partition coefficient (Wildman–Crippen LogP) is 5.32. The third kappa shape index (κ3) is 6.92. The Balaban J connectivity index is 1.20. The highest BCUT2D eigenvalue weighted by molar-refractivity contribution is 6.35. The lowest BCUT2D eigenvalue weighted by molar-refractivity contribution is -0.137. The number of nitrogens with zero attached hydrogens (tertiary/aromatic N) is 6. The van der Waals surface area contributed by atoms with Gasteiger partial charge in [0.25, 0.3) is 0 Å². The Morgan fingerprint density at radius 3 is 2.24 bits per heavy atom. The van der Waals surface area contributed by atoms with Crippen LogP contribution in [0.4, 0.5) is 5.95 Å². The average molecular weight is 598 g/mol. The third-order valence-corrected chi connectivity index (χ3v) is 8.96. The van der Waals surface area contributed by atoms with E-state index < -0.39 is 5.97 Å². The molecule has 3 atom stereocenters. The zero-order valence-corrected chi connectivity index (χ0v) is 24.6. The second-order valence-electron chi connectivity index (χ2n) is 11.4. The number of likely N-dealkylation sites (N-methyl/N-ethyl adjacent to an activating group) is 1. The molecule has 0 bridgehead atoms. The fourth-order valence-electron chi connectivity index (χ4n) is 6.28. The summed E-state index contributed by atoms with van der Waals surface area (Å²) in [6, 6.07) is 9.41. The summed E-state index contributed by atoms with van der Waals surface area (Å²) in [5.41, 5.74) is 2.59. The Morgan fingerprint density at radius 2 is 1.61 bits per heavy atom. The number of halogens is 2. The highest BCUT2D eigenvalue weighted by Crippen LogP contribution is 2.54. The smallest absolute Gasteiger partial charge is 0.303 e. The monoisotopic (exact) mass is 596 g/mol. The standard InChI is InChI=1S/C30H34Cl2N6O3/c1-36-6-8-38(9-7-36)30-33-16-23(17-34-30)41-28-11-19(10-27(35-28)20-12-21(31)14-22(32)13-20)18-37-4-2-24-25(3-5-37)26(24)15-29(39)40/h10-14,16-17,24-26H,2-9,15,18H2,1H3,(H,39,40)/t24-,25+,26+. The normalized spacial score (nSPS) is 23.1. The molecule has 0 radical (unpaired) electrons. The number of ether oxygens (including phenoxy) is 1. The van der Waals surface area contributed by atoms with Gasteiger partial charge in [0, 0.05) is 60.8 Å². The maximum Gasteiger partial charge on any atom is 0.303 e. The van der Waals surface area contributed by atoms with Crippen molar-refractivity contribution in [2.24, 2.45) is 17.8 Å². The Hall–Kier alpha value is -2.98. The minimum absolute atomic E-state index is 0.298. The predicted molar refractivity (Wildman–Crippen MR) is 159 cm³/mol. The molecule has 3 aromatic rings. The first-order chi connectivity index (χ1) is 19.8. The first-order valence-electron chi connectivity index (χ1n) is 14.2. The van der Waals surface area contributed by atoms with Gasteiger partial charge in [0.15, 0.2) is 5.75 Å². The number of carboxylic acid groups (broad SMARTS) is 1. The summed E-state index contributed by atoms with van der Waals surface area (Å²) in [7, 11) is 2.12. The Labute approximate surface area is 250 Å². The van der Waals surface area contributed by atoms with Crippen LogP contribution >= 0.6 is 23.2 Å². The number of aromatic nitrogens is 3. The SMILES string of the molecule is CN1CCN(c2ncc(Oc3cc(CN4CC[C@@H]5[C@H](CC4)[C@H]5CC(=O)O)cc(-c4cc(Cl)cc(Cl)c4)n3)cn2)CC1. The van der Waals surface area contributed by atoms with E-state index in [-0.39, 0.29) is 0 Å². The van der Waals surface area contributed by atoms with Gasteiger partial charge < -0.3 is 19.6 Å². The second kappa shape index (κ2) is 12.1. The van der Waals surface area contributed by atoms with Crippen molar-refractivity contribution in [3.05, 3.63) is 58.3 Å². The maximum absolute atomic E-state index is 11.2. The van der Waals surface area contributed by atoms with Crippen molar-refractivity contribution in [3.63, 3.8) is 0 Å².